The molecule has 1 aromatic carbocycles. The van der Waals surface area contributed by atoms with Crippen molar-refractivity contribution in [2.75, 3.05) is 13.1 Å². The van der Waals surface area contributed by atoms with E-state index in [-0.39, 0.29) is 28.9 Å². The van der Waals surface area contributed by atoms with Crippen molar-refractivity contribution >= 4 is 27.8 Å². The van der Waals surface area contributed by atoms with Crippen LogP contribution < -0.4 is 5.43 Å². The molecule has 4 aromatic rings. The number of carbonyl (C=O) groups is 1. The number of carbonyl (C=O) groups excluding carboxylic acids is 1. The van der Waals surface area contributed by atoms with E-state index in [1.54, 1.807) is 23.5 Å². The van der Waals surface area contributed by atoms with E-state index in [1.807, 2.05) is 10.6 Å². The van der Waals surface area contributed by atoms with Gasteiger partial charge in [0.15, 0.2) is 5.43 Å². The number of hydrogen-bond donors (Lipinski definition) is 1. The van der Waals surface area contributed by atoms with Gasteiger partial charge in [0.1, 0.15) is 5.65 Å². The molecule has 1 N–H and O–H groups in total. The zero-order chi connectivity index (χ0) is 23.3. The van der Waals surface area contributed by atoms with Crippen LogP contribution in [0.2, 0.25) is 0 Å². The highest BCUT2D eigenvalue weighted by atomic mass is 19.4. The number of aromatic amines is 1. The van der Waals surface area contributed by atoms with Gasteiger partial charge in [-0.15, -0.1) is 0 Å². The van der Waals surface area contributed by atoms with Gasteiger partial charge in [-0.3, -0.25) is 9.59 Å². The van der Waals surface area contributed by atoms with Gasteiger partial charge in [-0.25, -0.2) is 4.98 Å². The molecule has 1 fully saturated rings. The van der Waals surface area contributed by atoms with Gasteiger partial charge in [-0.1, -0.05) is 6.92 Å². The molecule has 0 aliphatic carbocycles. The van der Waals surface area contributed by atoms with E-state index in [2.05, 4.69) is 16.9 Å². The summed E-state index contributed by atoms with van der Waals surface area (Å²) in [5, 5.41) is 1.33. The van der Waals surface area contributed by atoms with Crippen LogP contribution >= 0.6 is 0 Å². The molecule has 2 atom stereocenters. The summed E-state index contributed by atoms with van der Waals surface area (Å²) < 4.78 is 40.7. The number of pyridine rings is 2. The van der Waals surface area contributed by atoms with Crippen molar-refractivity contribution in [1.29, 1.82) is 0 Å². The third kappa shape index (κ3) is 3.67. The minimum Gasteiger partial charge on any atom is -0.346 e. The highest BCUT2D eigenvalue weighted by Crippen LogP contribution is 2.33. The lowest BCUT2D eigenvalue weighted by Gasteiger charge is -2.39. The van der Waals surface area contributed by atoms with Crippen LogP contribution in [0.25, 0.3) is 21.9 Å². The van der Waals surface area contributed by atoms with Gasteiger partial charge in [0.2, 0.25) is 0 Å². The number of rotatable bonds is 2. The number of amides is 1. The molecule has 0 unspecified atom stereocenters. The third-order valence-corrected chi connectivity index (χ3v) is 6.49. The fourth-order valence-electron chi connectivity index (χ4n) is 4.62. The van der Waals surface area contributed by atoms with Crippen molar-refractivity contribution in [2.24, 2.45) is 5.92 Å². The van der Waals surface area contributed by atoms with Crippen molar-refractivity contribution in [3.8, 4) is 0 Å². The number of benzene rings is 1. The van der Waals surface area contributed by atoms with Crippen molar-refractivity contribution in [1.82, 2.24) is 19.4 Å². The van der Waals surface area contributed by atoms with Crippen LogP contribution in [0.5, 0.6) is 0 Å². The van der Waals surface area contributed by atoms with Crippen LogP contribution in [0.3, 0.4) is 0 Å². The number of likely N-dealkylation sites (tertiary alicyclic amines) is 1. The number of nitrogens with zero attached hydrogens (tertiary/aromatic N) is 3. The van der Waals surface area contributed by atoms with E-state index in [4.69, 9.17) is 0 Å². The molecule has 1 saturated heterocycles. The molecule has 33 heavy (non-hydrogen) atoms. The lowest BCUT2D eigenvalue weighted by molar-refractivity contribution is -0.137. The van der Waals surface area contributed by atoms with Gasteiger partial charge in [-0.05, 0) is 42.7 Å². The highest BCUT2D eigenvalue weighted by molar-refractivity contribution is 6.02. The smallest absolute Gasteiger partial charge is 0.346 e. The average Bonchev–Trinajstić information content (AvgIpc) is 3.28. The normalized spacial score (nSPS) is 19.3. The molecule has 3 aromatic heterocycles. The summed E-state index contributed by atoms with van der Waals surface area (Å²) in [6.07, 6.45) is 1.36. The molecule has 170 valence electrons. The molecule has 0 saturated carbocycles. The summed E-state index contributed by atoms with van der Waals surface area (Å²) in [6.45, 7) is 2.99. The van der Waals surface area contributed by atoms with Crippen LogP contribution in [0, 0.1) is 5.92 Å². The van der Waals surface area contributed by atoms with Crippen LogP contribution in [-0.2, 0) is 6.18 Å². The first-order chi connectivity index (χ1) is 15.7. The summed E-state index contributed by atoms with van der Waals surface area (Å²) in [4.78, 5) is 34.7. The lowest BCUT2D eigenvalue weighted by Crippen LogP contribution is -2.44. The monoisotopic (exact) mass is 454 g/mol. The summed E-state index contributed by atoms with van der Waals surface area (Å²) in [6, 6.07) is 7.58. The van der Waals surface area contributed by atoms with Gasteiger partial charge >= 0.3 is 6.18 Å². The predicted molar refractivity (Wildman–Crippen MR) is 118 cm³/mol. The zero-order valence-corrected chi connectivity index (χ0v) is 17.8. The molecule has 6 nitrogen and oxygen atoms in total. The van der Waals surface area contributed by atoms with Gasteiger partial charge in [-0.2, -0.15) is 13.2 Å². The maximum Gasteiger partial charge on any atom is 0.416 e. The number of aromatic nitrogens is 3. The number of hydrogen-bond acceptors (Lipinski definition) is 3. The Balaban J connectivity index is 1.51. The predicted octanol–water partition coefficient (Wildman–Crippen LogP) is 4.62. The SMILES string of the molecule is C[C@@H]1CCN(C(=O)c2ccc(C(F)(F)F)cc2)C[C@@H]1n1ccc(=O)c2cnc3[nH]ccc3c21. The third-order valence-electron chi connectivity index (χ3n) is 6.49. The second-order valence-corrected chi connectivity index (χ2v) is 8.51. The molecular formula is C24H21F3N4O2. The molecule has 5 rings (SSSR count). The van der Waals surface area contributed by atoms with E-state index >= 15 is 0 Å². The van der Waals surface area contributed by atoms with E-state index in [0.717, 1.165) is 29.5 Å². The first-order valence-corrected chi connectivity index (χ1v) is 10.7. The summed E-state index contributed by atoms with van der Waals surface area (Å²) in [5.41, 5.74) is 0.738. The Morgan fingerprint density at radius 2 is 1.88 bits per heavy atom. The number of H-pyrrole nitrogens is 1. The van der Waals surface area contributed by atoms with Crippen LogP contribution in [0.15, 0.2) is 59.8 Å². The highest BCUT2D eigenvalue weighted by Gasteiger charge is 2.33. The lowest BCUT2D eigenvalue weighted by atomic mass is 9.92. The van der Waals surface area contributed by atoms with E-state index in [9.17, 15) is 22.8 Å². The van der Waals surface area contributed by atoms with E-state index in [1.165, 1.54) is 18.2 Å². The maximum atomic E-state index is 13.1. The molecule has 0 radical (unpaired) electrons. The first kappa shape index (κ1) is 21.2. The van der Waals surface area contributed by atoms with Crippen LogP contribution in [0.4, 0.5) is 13.2 Å². The van der Waals surface area contributed by atoms with E-state index < -0.39 is 11.7 Å². The Labute approximate surface area is 186 Å². The Morgan fingerprint density at radius 3 is 2.61 bits per heavy atom. The number of halogens is 3. The molecule has 1 aliphatic rings. The fraction of sp³-hybridized carbons (Fsp3) is 0.292. The summed E-state index contributed by atoms with van der Waals surface area (Å²) in [7, 11) is 0. The Morgan fingerprint density at radius 1 is 1.12 bits per heavy atom. The van der Waals surface area contributed by atoms with Crippen LogP contribution in [-0.4, -0.2) is 38.4 Å². The molecular weight excluding hydrogens is 433 g/mol. The maximum absolute atomic E-state index is 13.1. The van der Waals surface area contributed by atoms with Gasteiger partial charge in [0, 0.05) is 48.7 Å². The molecule has 4 heterocycles. The Kier molecular flexibility index (Phi) is 4.99. The molecule has 0 bridgehead atoms. The quantitative estimate of drug-likeness (QED) is 0.481. The standard InChI is InChI=1S/C24H21F3N4O2/c1-14-7-10-30(23(33)15-2-4-16(5-3-15)24(25,26)27)13-19(14)31-11-8-20(32)18-12-29-22-17(21(18)31)6-9-28-22/h2-6,8-9,11-12,14,19H,7,10,13H2,1H3,(H,28,29)/t14-,19+/m1/s1. The largest absolute Gasteiger partial charge is 0.416 e. The second-order valence-electron chi connectivity index (χ2n) is 8.51. The molecule has 1 amide bonds. The number of nitrogens with one attached hydrogen (secondary N) is 1. The number of piperidine rings is 1. The van der Waals surface area contributed by atoms with Crippen molar-refractivity contribution in [2.45, 2.75) is 25.6 Å². The zero-order valence-electron chi connectivity index (χ0n) is 17.8. The van der Waals surface area contributed by atoms with Crippen molar-refractivity contribution in [3.05, 3.63) is 76.3 Å². The molecule has 9 heteroatoms. The topological polar surface area (TPSA) is 71.0 Å². The van der Waals surface area contributed by atoms with Crippen molar-refractivity contribution < 1.29 is 18.0 Å². The van der Waals surface area contributed by atoms with Crippen LogP contribution in [0.1, 0.15) is 35.3 Å². The van der Waals surface area contributed by atoms with E-state index in [0.29, 0.717) is 24.1 Å². The number of fused-ring (bicyclic) bond motifs is 3. The van der Waals surface area contributed by atoms with Crippen molar-refractivity contribution in [3.63, 3.8) is 0 Å². The molecule has 1 aliphatic heterocycles. The average molecular weight is 454 g/mol. The Hall–Kier alpha value is -3.62. The number of alkyl halides is 3. The minimum atomic E-state index is -4.45. The Bertz CT molecular complexity index is 1410. The summed E-state index contributed by atoms with van der Waals surface area (Å²) in [5.74, 6) is -0.0889. The molecule has 0 spiro atoms. The van der Waals surface area contributed by atoms with Gasteiger partial charge in [0.05, 0.1) is 22.5 Å². The first-order valence-electron chi connectivity index (χ1n) is 10.7. The van der Waals surface area contributed by atoms with Gasteiger partial charge < -0.3 is 14.5 Å². The minimum absolute atomic E-state index is 0.110. The summed E-state index contributed by atoms with van der Waals surface area (Å²) >= 11 is 0. The second kappa shape index (κ2) is 7.75. The van der Waals surface area contributed by atoms with Gasteiger partial charge in [0.25, 0.3) is 5.91 Å². The fourth-order valence-corrected chi connectivity index (χ4v) is 4.62.